The van der Waals surface area contributed by atoms with E-state index in [0.29, 0.717) is 15.6 Å². The number of esters is 1. The second-order valence-corrected chi connectivity index (χ2v) is 7.86. The highest BCUT2D eigenvalue weighted by molar-refractivity contribution is 8.02. The highest BCUT2D eigenvalue weighted by Gasteiger charge is 2.40. The maximum atomic E-state index is 12.6. The number of amides is 2. The summed E-state index contributed by atoms with van der Waals surface area (Å²) >= 11 is 2.65. The second kappa shape index (κ2) is 7.32. The molecule has 2 amide bonds. The average Bonchev–Trinajstić information content (AvgIpc) is 3.11. The molecule has 1 aromatic carbocycles. The van der Waals surface area contributed by atoms with E-state index in [4.69, 9.17) is 4.74 Å². The maximum absolute atomic E-state index is 12.6. The van der Waals surface area contributed by atoms with Crippen LogP contribution in [0.15, 0.2) is 28.6 Å². The zero-order chi connectivity index (χ0) is 18.0. The molecule has 0 radical (unpaired) electrons. The molecule has 0 bridgehead atoms. The standard InChI is InChI=1S/C16H15N3O4S2/c1-3-23-15(22)10-4-6-11(7-5-10)19-13(20)8-12(14(19)21)25-16-18-17-9(2)24-16/h4-7,12H,3,8H2,1-2H3/t12-/m1/s1. The van der Waals surface area contributed by atoms with Crippen LogP contribution in [0.25, 0.3) is 0 Å². The SMILES string of the molecule is CCOC(=O)c1ccc(N2C(=O)C[C@@H](Sc3nnc(C)s3)C2=O)cc1. The predicted octanol–water partition coefficient (Wildman–Crippen LogP) is 2.45. The molecule has 0 spiro atoms. The zero-order valence-electron chi connectivity index (χ0n) is 13.6. The van der Waals surface area contributed by atoms with Crippen molar-refractivity contribution in [2.24, 2.45) is 0 Å². The normalized spacial score (nSPS) is 17.2. The van der Waals surface area contributed by atoms with Crippen LogP contribution in [0.1, 0.15) is 28.7 Å². The van der Waals surface area contributed by atoms with Gasteiger partial charge in [0.15, 0.2) is 4.34 Å². The number of carbonyl (C=O) groups excluding carboxylic acids is 3. The minimum atomic E-state index is -0.510. The number of anilines is 1. The van der Waals surface area contributed by atoms with Crippen molar-refractivity contribution >= 4 is 46.6 Å². The Hall–Kier alpha value is -2.26. The second-order valence-electron chi connectivity index (χ2n) is 5.23. The molecule has 1 fully saturated rings. The van der Waals surface area contributed by atoms with Crippen LogP contribution in [-0.4, -0.2) is 39.8 Å². The number of benzene rings is 1. The Balaban J connectivity index is 1.74. The lowest BCUT2D eigenvalue weighted by Gasteiger charge is -2.15. The number of imide groups is 1. The van der Waals surface area contributed by atoms with Gasteiger partial charge in [-0.15, -0.1) is 10.2 Å². The first-order valence-corrected chi connectivity index (χ1v) is 9.30. The number of ether oxygens (including phenoxy) is 1. The molecule has 2 aromatic rings. The zero-order valence-corrected chi connectivity index (χ0v) is 15.2. The van der Waals surface area contributed by atoms with Gasteiger partial charge in [-0.25, -0.2) is 9.69 Å². The fourth-order valence-electron chi connectivity index (χ4n) is 2.38. The summed E-state index contributed by atoms with van der Waals surface area (Å²) in [6, 6.07) is 6.24. The van der Waals surface area contributed by atoms with Crippen LogP contribution in [0.2, 0.25) is 0 Å². The van der Waals surface area contributed by atoms with Gasteiger partial charge in [0.1, 0.15) is 10.3 Å². The summed E-state index contributed by atoms with van der Waals surface area (Å²) in [4.78, 5) is 37.7. The average molecular weight is 377 g/mol. The van der Waals surface area contributed by atoms with Crippen LogP contribution in [0, 0.1) is 6.92 Å². The number of thioether (sulfide) groups is 1. The van der Waals surface area contributed by atoms with E-state index in [1.807, 2.05) is 6.92 Å². The smallest absolute Gasteiger partial charge is 0.338 e. The summed E-state index contributed by atoms with van der Waals surface area (Å²) in [6.45, 7) is 3.85. The molecule has 3 rings (SSSR count). The van der Waals surface area contributed by atoms with E-state index in [-0.39, 0.29) is 24.8 Å². The Bertz CT molecular complexity index is 819. The lowest BCUT2D eigenvalue weighted by atomic mass is 10.2. The highest BCUT2D eigenvalue weighted by atomic mass is 32.2. The lowest BCUT2D eigenvalue weighted by Crippen LogP contribution is -2.31. The van der Waals surface area contributed by atoms with Crippen molar-refractivity contribution in [2.45, 2.75) is 29.9 Å². The van der Waals surface area contributed by atoms with Crippen LogP contribution < -0.4 is 4.90 Å². The molecular weight excluding hydrogens is 362 g/mol. The van der Waals surface area contributed by atoms with Gasteiger partial charge < -0.3 is 4.74 Å². The van der Waals surface area contributed by atoms with E-state index >= 15 is 0 Å². The Labute approximate surface area is 152 Å². The Morgan fingerprint density at radius 3 is 2.64 bits per heavy atom. The molecule has 130 valence electrons. The summed E-state index contributed by atoms with van der Waals surface area (Å²) in [7, 11) is 0. The van der Waals surface area contributed by atoms with Gasteiger partial charge in [0, 0.05) is 6.42 Å². The largest absolute Gasteiger partial charge is 0.462 e. The predicted molar refractivity (Wildman–Crippen MR) is 93.8 cm³/mol. The molecule has 1 aromatic heterocycles. The first kappa shape index (κ1) is 17.6. The first-order chi connectivity index (χ1) is 12.0. The highest BCUT2D eigenvalue weighted by Crippen LogP contribution is 2.35. The third kappa shape index (κ3) is 3.72. The summed E-state index contributed by atoms with van der Waals surface area (Å²) in [5.41, 5.74) is 0.819. The summed E-state index contributed by atoms with van der Waals surface area (Å²) in [5, 5.41) is 8.20. The van der Waals surface area contributed by atoms with Gasteiger partial charge in [-0.3, -0.25) is 9.59 Å². The fraction of sp³-hybridized carbons (Fsp3) is 0.312. The lowest BCUT2D eigenvalue weighted by molar-refractivity contribution is -0.121. The molecule has 1 aliphatic rings. The molecular formula is C16H15N3O4S2. The van der Waals surface area contributed by atoms with Gasteiger partial charge >= 0.3 is 5.97 Å². The first-order valence-electron chi connectivity index (χ1n) is 7.60. The van der Waals surface area contributed by atoms with Crippen LogP contribution in [0.3, 0.4) is 0 Å². The summed E-state index contributed by atoms with van der Waals surface area (Å²) < 4.78 is 5.59. The molecule has 9 heteroatoms. The molecule has 2 heterocycles. The number of aryl methyl sites for hydroxylation is 1. The van der Waals surface area contributed by atoms with Gasteiger partial charge in [0.2, 0.25) is 11.8 Å². The third-order valence-electron chi connectivity index (χ3n) is 3.49. The van der Waals surface area contributed by atoms with Crippen molar-refractivity contribution in [3.63, 3.8) is 0 Å². The number of hydrogen-bond donors (Lipinski definition) is 0. The molecule has 7 nitrogen and oxygen atoms in total. The Morgan fingerprint density at radius 1 is 1.32 bits per heavy atom. The van der Waals surface area contributed by atoms with E-state index in [0.717, 1.165) is 9.91 Å². The number of hydrogen-bond acceptors (Lipinski definition) is 8. The van der Waals surface area contributed by atoms with E-state index in [1.165, 1.54) is 23.1 Å². The minimum absolute atomic E-state index is 0.113. The molecule has 0 N–H and O–H groups in total. The number of nitrogens with zero attached hydrogens (tertiary/aromatic N) is 3. The Morgan fingerprint density at radius 2 is 2.04 bits per heavy atom. The maximum Gasteiger partial charge on any atom is 0.338 e. The third-order valence-corrected chi connectivity index (χ3v) is 5.60. The van der Waals surface area contributed by atoms with Crippen molar-refractivity contribution in [1.29, 1.82) is 0 Å². The van der Waals surface area contributed by atoms with Crippen molar-refractivity contribution in [2.75, 3.05) is 11.5 Å². The van der Waals surface area contributed by atoms with Crippen LogP contribution >= 0.6 is 23.1 Å². The van der Waals surface area contributed by atoms with E-state index in [1.54, 1.807) is 31.2 Å². The van der Waals surface area contributed by atoms with Crippen molar-refractivity contribution in [3.05, 3.63) is 34.8 Å². The molecule has 1 aliphatic heterocycles. The monoisotopic (exact) mass is 377 g/mol. The van der Waals surface area contributed by atoms with E-state index < -0.39 is 11.2 Å². The van der Waals surface area contributed by atoms with Crippen LogP contribution in [-0.2, 0) is 14.3 Å². The fourth-order valence-corrected chi connectivity index (χ4v) is 4.46. The molecule has 25 heavy (non-hydrogen) atoms. The molecule has 0 aliphatic carbocycles. The van der Waals surface area contributed by atoms with E-state index in [2.05, 4.69) is 10.2 Å². The van der Waals surface area contributed by atoms with Crippen molar-refractivity contribution in [3.8, 4) is 0 Å². The van der Waals surface area contributed by atoms with Crippen molar-refractivity contribution in [1.82, 2.24) is 10.2 Å². The van der Waals surface area contributed by atoms with Crippen LogP contribution in [0.4, 0.5) is 5.69 Å². The topological polar surface area (TPSA) is 89.5 Å². The van der Waals surface area contributed by atoms with Gasteiger partial charge in [0.05, 0.1) is 17.9 Å². The van der Waals surface area contributed by atoms with Gasteiger partial charge in [-0.2, -0.15) is 0 Å². The number of aromatic nitrogens is 2. The Kier molecular flexibility index (Phi) is 5.14. The minimum Gasteiger partial charge on any atom is -0.462 e. The van der Waals surface area contributed by atoms with Gasteiger partial charge in [0.25, 0.3) is 0 Å². The van der Waals surface area contributed by atoms with Crippen molar-refractivity contribution < 1.29 is 19.1 Å². The number of rotatable bonds is 5. The van der Waals surface area contributed by atoms with Gasteiger partial charge in [-0.1, -0.05) is 23.1 Å². The molecule has 0 saturated carbocycles. The quantitative estimate of drug-likeness (QED) is 0.584. The van der Waals surface area contributed by atoms with Crippen LogP contribution in [0.5, 0.6) is 0 Å². The molecule has 1 saturated heterocycles. The number of carbonyl (C=O) groups is 3. The van der Waals surface area contributed by atoms with Gasteiger partial charge in [-0.05, 0) is 38.1 Å². The van der Waals surface area contributed by atoms with E-state index in [9.17, 15) is 14.4 Å². The summed E-state index contributed by atoms with van der Waals surface area (Å²) in [6.07, 6.45) is 0.113. The molecule has 0 unspecified atom stereocenters. The summed E-state index contributed by atoms with van der Waals surface area (Å²) in [5.74, 6) is -0.993. The molecule has 1 atom stereocenters.